The molecule has 0 heterocycles. The number of rotatable bonds is 13. The maximum absolute atomic E-state index is 12.2. The Balaban J connectivity index is 2.41. The Labute approximate surface area is 170 Å². The van der Waals surface area contributed by atoms with Crippen molar-refractivity contribution in [1.82, 2.24) is 4.90 Å². The monoisotopic (exact) mass is 399 g/mol. The van der Waals surface area contributed by atoms with Crippen molar-refractivity contribution >= 4 is 17.7 Å². The summed E-state index contributed by atoms with van der Waals surface area (Å²) in [5.74, 6) is -0.661. The van der Waals surface area contributed by atoms with Crippen molar-refractivity contribution in [1.29, 1.82) is 10.5 Å². The Morgan fingerprint density at radius 3 is 2.17 bits per heavy atom. The molecule has 0 radical (unpaired) electrons. The highest BCUT2D eigenvalue weighted by Crippen LogP contribution is 2.14. The molecule has 0 atom stereocenters. The van der Waals surface area contributed by atoms with Crippen LogP contribution < -0.4 is 4.74 Å². The van der Waals surface area contributed by atoms with Gasteiger partial charge in [-0.2, -0.15) is 10.5 Å². The van der Waals surface area contributed by atoms with Crippen LogP contribution >= 0.6 is 0 Å². The molecule has 0 fully saturated rings. The van der Waals surface area contributed by atoms with Gasteiger partial charge in [-0.05, 0) is 30.7 Å². The van der Waals surface area contributed by atoms with E-state index in [1.54, 1.807) is 24.3 Å². The van der Waals surface area contributed by atoms with Crippen molar-refractivity contribution in [2.24, 2.45) is 0 Å². The smallest absolute Gasteiger partial charge is 0.306 e. The number of carbonyl (C=O) groups excluding carboxylic acids is 3. The number of nitrogens with zero attached hydrogens (tertiary/aromatic N) is 3. The zero-order chi connectivity index (χ0) is 21.5. The number of ketones is 1. The SMILES string of the molecule is CCCOc1ccc(C(=O)CCC(=O)OCC(=O)N(CCC#N)CCC#N)cc1. The highest BCUT2D eigenvalue weighted by Gasteiger charge is 2.16. The van der Waals surface area contributed by atoms with Gasteiger partial charge in [0.1, 0.15) is 5.75 Å². The lowest BCUT2D eigenvalue weighted by Crippen LogP contribution is -2.36. The van der Waals surface area contributed by atoms with E-state index in [0.29, 0.717) is 17.9 Å². The summed E-state index contributed by atoms with van der Waals surface area (Å²) in [6.07, 6.45) is 0.967. The fraction of sp³-hybridized carbons (Fsp3) is 0.476. The van der Waals surface area contributed by atoms with E-state index in [2.05, 4.69) is 0 Å². The van der Waals surface area contributed by atoms with Crippen LogP contribution in [0.2, 0.25) is 0 Å². The third-order valence-electron chi connectivity index (χ3n) is 3.90. The molecular weight excluding hydrogens is 374 g/mol. The minimum Gasteiger partial charge on any atom is -0.494 e. The summed E-state index contributed by atoms with van der Waals surface area (Å²) < 4.78 is 10.4. The average Bonchev–Trinajstić information content (AvgIpc) is 2.74. The van der Waals surface area contributed by atoms with Gasteiger partial charge in [-0.15, -0.1) is 0 Å². The molecule has 0 spiro atoms. The van der Waals surface area contributed by atoms with Gasteiger partial charge in [0.2, 0.25) is 0 Å². The van der Waals surface area contributed by atoms with E-state index in [1.165, 1.54) is 4.90 Å². The van der Waals surface area contributed by atoms with Gasteiger partial charge >= 0.3 is 5.97 Å². The molecule has 0 bridgehead atoms. The number of hydrogen-bond donors (Lipinski definition) is 0. The number of hydrogen-bond acceptors (Lipinski definition) is 7. The van der Waals surface area contributed by atoms with Gasteiger partial charge in [0.05, 0.1) is 38.0 Å². The minimum absolute atomic E-state index is 0.0330. The quantitative estimate of drug-likeness (QED) is 0.369. The molecule has 1 rings (SSSR count). The summed E-state index contributed by atoms with van der Waals surface area (Å²) in [5, 5.41) is 17.3. The van der Waals surface area contributed by atoms with E-state index in [9.17, 15) is 14.4 Å². The Hall–Kier alpha value is -3.39. The van der Waals surface area contributed by atoms with Crippen molar-refractivity contribution in [2.75, 3.05) is 26.3 Å². The van der Waals surface area contributed by atoms with Gasteiger partial charge in [0.15, 0.2) is 12.4 Å². The van der Waals surface area contributed by atoms with Gasteiger partial charge < -0.3 is 14.4 Å². The first-order valence-electron chi connectivity index (χ1n) is 9.45. The predicted octanol–water partition coefficient (Wildman–Crippen LogP) is 2.64. The topological polar surface area (TPSA) is 120 Å². The predicted molar refractivity (Wildman–Crippen MR) is 104 cm³/mol. The number of nitriles is 2. The fourth-order valence-corrected chi connectivity index (χ4v) is 2.35. The second-order valence-corrected chi connectivity index (χ2v) is 6.15. The van der Waals surface area contributed by atoms with E-state index < -0.39 is 18.5 Å². The molecule has 1 amide bonds. The van der Waals surface area contributed by atoms with Crippen molar-refractivity contribution < 1.29 is 23.9 Å². The second-order valence-electron chi connectivity index (χ2n) is 6.15. The summed E-state index contributed by atoms with van der Waals surface area (Å²) in [5.41, 5.74) is 0.469. The van der Waals surface area contributed by atoms with E-state index in [4.69, 9.17) is 20.0 Å². The molecular formula is C21H25N3O5. The highest BCUT2D eigenvalue weighted by atomic mass is 16.5. The zero-order valence-electron chi connectivity index (χ0n) is 16.6. The number of amides is 1. The van der Waals surface area contributed by atoms with Gasteiger partial charge in [-0.3, -0.25) is 14.4 Å². The molecule has 0 aromatic heterocycles. The lowest BCUT2D eigenvalue weighted by molar-refractivity contribution is -0.152. The first kappa shape index (κ1) is 23.6. The Morgan fingerprint density at radius 1 is 1.00 bits per heavy atom. The van der Waals surface area contributed by atoms with Crippen LogP contribution in [0.25, 0.3) is 0 Å². The van der Waals surface area contributed by atoms with Crippen LogP contribution in [0.5, 0.6) is 5.75 Å². The molecule has 8 heteroatoms. The lowest BCUT2D eigenvalue weighted by Gasteiger charge is -2.20. The molecule has 1 aromatic rings. The number of ether oxygens (including phenoxy) is 2. The van der Waals surface area contributed by atoms with Crippen molar-refractivity contribution in [3.63, 3.8) is 0 Å². The van der Waals surface area contributed by atoms with Crippen LogP contribution in [0, 0.1) is 22.7 Å². The van der Waals surface area contributed by atoms with Crippen LogP contribution in [-0.2, 0) is 14.3 Å². The van der Waals surface area contributed by atoms with E-state index in [0.717, 1.165) is 6.42 Å². The van der Waals surface area contributed by atoms with E-state index in [-0.39, 0.29) is 44.6 Å². The average molecular weight is 399 g/mol. The summed E-state index contributed by atoms with van der Waals surface area (Å²) in [6.45, 7) is 2.46. The number of Topliss-reactive ketones (excluding diaryl/α,β-unsaturated/α-hetero) is 1. The first-order chi connectivity index (χ1) is 14.0. The molecule has 1 aromatic carbocycles. The van der Waals surface area contributed by atoms with Gasteiger partial charge in [0, 0.05) is 25.1 Å². The molecule has 0 aliphatic heterocycles. The van der Waals surface area contributed by atoms with Gasteiger partial charge in [-0.25, -0.2) is 0 Å². The molecule has 0 saturated heterocycles. The molecule has 0 saturated carbocycles. The van der Waals surface area contributed by atoms with Crippen LogP contribution in [0.3, 0.4) is 0 Å². The molecule has 29 heavy (non-hydrogen) atoms. The largest absolute Gasteiger partial charge is 0.494 e. The first-order valence-corrected chi connectivity index (χ1v) is 9.45. The molecule has 0 aliphatic carbocycles. The second kappa shape index (κ2) is 13.7. The summed E-state index contributed by atoms with van der Waals surface area (Å²) in [7, 11) is 0. The highest BCUT2D eigenvalue weighted by molar-refractivity contribution is 5.97. The third-order valence-corrected chi connectivity index (χ3v) is 3.90. The maximum atomic E-state index is 12.2. The number of carbonyl (C=O) groups is 3. The van der Waals surface area contributed by atoms with Crippen LogP contribution in [-0.4, -0.2) is 48.9 Å². The third kappa shape index (κ3) is 9.39. The number of esters is 1. The Kier molecular flexibility index (Phi) is 11.2. The van der Waals surface area contributed by atoms with E-state index >= 15 is 0 Å². The molecule has 8 nitrogen and oxygen atoms in total. The lowest BCUT2D eigenvalue weighted by atomic mass is 10.1. The molecule has 0 aliphatic rings. The normalized spacial score (nSPS) is 9.76. The van der Waals surface area contributed by atoms with Crippen molar-refractivity contribution in [3.05, 3.63) is 29.8 Å². The van der Waals surface area contributed by atoms with Crippen LogP contribution in [0.4, 0.5) is 0 Å². The van der Waals surface area contributed by atoms with Crippen molar-refractivity contribution in [3.8, 4) is 17.9 Å². The zero-order valence-corrected chi connectivity index (χ0v) is 16.6. The minimum atomic E-state index is -0.657. The van der Waals surface area contributed by atoms with Crippen LogP contribution in [0.15, 0.2) is 24.3 Å². The van der Waals surface area contributed by atoms with E-state index in [1.807, 2.05) is 19.1 Å². The van der Waals surface area contributed by atoms with Crippen LogP contribution in [0.1, 0.15) is 49.4 Å². The molecule has 154 valence electrons. The molecule has 0 unspecified atom stereocenters. The van der Waals surface area contributed by atoms with Crippen molar-refractivity contribution in [2.45, 2.75) is 39.0 Å². The standard InChI is InChI=1S/C21H25N3O5/c1-2-15-28-18-7-5-17(6-8-18)19(25)9-10-21(27)29-16-20(26)24(13-3-11-22)14-4-12-23/h5-8H,2-4,9-10,13-16H2,1H3. The summed E-state index contributed by atoms with van der Waals surface area (Å²) in [4.78, 5) is 37.4. The Bertz CT molecular complexity index is 744. The summed E-state index contributed by atoms with van der Waals surface area (Å²) in [6, 6.07) is 10.5. The fourth-order valence-electron chi connectivity index (χ4n) is 2.35. The Morgan fingerprint density at radius 2 is 1.62 bits per heavy atom. The van der Waals surface area contributed by atoms with Gasteiger partial charge in [-0.1, -0.05) is 6.92 Å². The maximum Gasteiger partial charge on any atom is 0.306 e. The molecule has 0 N–H and O–H groups in total. The van der Waals surface area contributed by atoms with Gasteiger partial charge in [0.25, 0.3) is 5.91 Å². The summed E-state index contributed by atoms with van der Waals surface area (Å²) >= 11 is 0. The number of benzene rings is 1.